The smallest absolute Gasteiger partial charge is 0.304 e. The van der Waals surface area contributed by atoms with Crippen LogP contribution >= 0.6 is 23.2 Å². The zero-order valence-electron chi connectivity index (χ0n) is 23.4. The number of carboxylic acid groups (broad SMARTS) is 1. The van der Waals surface area contributed by atoms with E-state index in [2.05, 4.69) is 4.98 Å². The molecule has 1 aliphatic heterocycles. The van der Waals surface area contributed by atoms with Crippen molar-refractivity contribution in [2.75, 3.05) is 17.1 Å². The van der Waals surface area contributed by atoms with Gasteiger partial charge in [0.25, 0.3) is 0 Å². The molecular weight excluding hydrogens is 597 g/mol. The molecule has 1 saturated heterocycles. The number of carbonyl (C=O) groups excluding carboxylic acids is 1. The van der Waals surface area contributed by atoms with E-state index in [1.807, 2.05) is 30.3 Å². The number of aromatic nitrogens is 1. The summed E-state index contributed by atoms with van der Waals surface area (Å²) in [7, 11) is -3.78. The zero-order chi connectivity index (χ0) is 30.2. The van der Waals surface area contributed by atoms with Gasteiger partial charge in [-0.15, -0.1) is 0 Å². The lowest BCUT2D eigenvalue weighted by Gasteiger charge is -2.52. The maximum absolute atomic E-state index is 14.6. The van der Waals surface area contributed by atoms with Gasteiger partial charge in [0.2, 0.25) is 15.9 Å². The van der Waals surface area contributed by atoms with E-state index in [1.165, 1.54) is 10.5 Å². The molecule has 1 aromatic heterocycles. The predicted molar refractivity (Wildman–Crippen MR) is 163 cm³/mol. The highest BCUT2D eigenvalue weighted by Crippen LogP contribution is 2.54. The number of sulfonamides is 1. The number of carbonyl (C=O) groups is 2. The molecule has 0 spiro atoms. The van der Waals surface area contributed by atoms with Crippen LogP contribution < -0.4 is 4.31 Å². The fourth-order valence-electron chi connectivity index (χ4n) is 6.26. The third-order valence-electron chi connectivity index (χ3n) is 8.31. The molecule has 42 heavy (non-hydrogen) atoms. The Kier molecular flexibility index (Phi) is 8.56. The maximum Gasteiger partial charge on any atom is 0.304 e. The van der Waals surface area contributed by atoms with Crippen molar-refractivity contribution in [3.8, 4) is 0 Å². The first-order valence-electron chi connectivity index (χ1n) is 13.8. The van der Waals surface area contributed by atoms with Crippen molar-refractivity contribution in [2.24, 2.45) is 11.3 Å². The molecule has 5 rings (SSSR count). The molecule has 2 aromatic carbocycles. The number of hydrogen-bond donors (Lipinski definition) is 1. The van der Waals surface area contributed by atoms with Gasteiger partial charge in [-0.1, -0.05) is 60.5 Å². The SMILES string of the molecule is C[C@]1(CC(=O)O)CC(c2cccc(Cl)c2)C(c2ccc(Cl)cc2)N(C(CN(c2ccccn2)S(C)(=O)=O)C2CC2)C1=O. The molecule has 3 aromatic rings. The lowest BCUT2D eigenvalue weighted by Crippen LogP contribution is -2.59. The highest BCUT2D eigenvalue weighted by molar-refractivity contribution is 7.92. The third kappa shape index (κ3) is 6.43. The number of rotatable bonds is 10. The summed E-state index contributed by atoms with van der Waals surface area (Å²) in [6, 6.07) is 18.7. The first kappa shape index (κ1) is 30.3. The number of halogens is 2. The van der Waals surface area contributed by atoms with E-state index in [-0.39, 0.29) is 42.9 Å². The number of hydrogen-bond acceptors (Lipinski definition) is 5. The van der Waals surface area contributed by atoms with Crippen LogP contribution in [0.2, 0.25) is 10.0 Å². The molecule has 3 unspecified atom stereocenters. The summed E-state index contributed by atoms with van der Waals surface area (Å²) in [6.45, 7) is 1.69. The molecule has 8 nitrogen and oxygen atoms in total. The number of pyridine rings is 1. The van der Waals surface area contributed by atoms with E-state index in [9.17, 15) is 23.1 Å². The Bertz CT molecular complexity index is 1570. The molecule has 0 bridgehead atoms. The van der Waals surface area contributed by atoms with Gasteiger partial charge in [0.05, 0.1) is 36.7 Å². The van der Waals surface area contributed by atoms with Crippen molar-refractivity contribution >= 4 is 50.9 Å². The second kappa shape index (κ2) is 11.9. The second-order valence-electron chi connectivity index (χ2n) is 11.6. The molecule has 2 heterocycles. The number of amides is 1. The summed E-state index contributed by atoms with van der Waals surface area (Å²) in [5, 5.41) is 11.0. The van der Waals surface area contributed by atoms with Gasteiger partial charge in [-0.05, 0) is 72.7 Å². The number of aliphatic carboxylic acids is 1. The van der Waals surface area contributed by atoms with Crippen LogP contribution in [0.25, 0.3) is 0 Å². The second-order valence-corrected chi connectivity index (χ2v) is 14.4. The zero-order valence-corrected chi connectivity index (χ0v) is 25.7. The van der Waals surface area contributed by atoms with Gasteiger partial charge in [0.15, 0.2) is 0 Å². The highest BCUT2D eigenvalue weighted by atomic mass is 35.5. The van der Waals surface area contributed by atoms with Gasteiger partial charge >= 0.3 is 5.97 Å². The standard InChI is InChI=1S/C31H33Cl2N3O5S/c1-31(18-28(37)38)17-25(22-6-5-7-24(33)16-22)29(21-11-13-23(32)14-12-21)36(30(31)39)26(20-9-10-20)19-35(42(2,40)41)27-8-3-4-15-34-27/h3-8,11-16,20,25-26,29H,9-10,17-19H2,1-2H3,(H,37,38)/t25?,26?,29?,31-/m1/s1. The van der Waals surface area contributed by atoms with E-state index in [4.69, 9.17) is 23.2 Å². The average molecular weight is 631 g/mol. The molecule has 0 radical (unpaired) electrons. The summed E-state index contributed by atoms with van der Waals surface area (Å²) in [5.74, 6) is -1.42. The van der Waals surface area contributed by atoms with E-state index in [1.54, 1.807) is 48.2 Å². The molecule has 222 valence electrons. The van der Waals surface area contributed by atoms with Gasteiger partial charge in [0, 0.05) is 22.2 Å². The van der Waals surface area contributed by atoms with Gasteiger partial charge in [-0.3, -0.25) is 13.9 Å². The minimum absolute atomic E-state index is 0.0121. The Morgan fingerprint density at radius 2 is 1.79 bits per heavy atom. The summed E-state index contributed by atoms with van der Waals surface area (Å²) in [6.07, 6.45) is 4.21. The van der Waals surface area contributed by atoms with Crippen LogP contribution in [0, 0.1) is 11.3 Å². The molecule has 1 N–H and O–H groups in total. The number of carboxylic acids is 1. The van der Waals surface area contributed by atoms with Crippen LogP contribution in [-0.4, -0.2) is 54.1 Å². The van der Waals surface area contributed by atoms with E-state index in [0.29, 0.717) is 10.0 Å². The highest BCUT2D eigenvalue weighted by Gasteiger charge is 2.55. The Balaban J connectivity index is 1.70. The van der Waals surface area contributed by atoms with Crippen LogP contribution in [0.15, 0.2) is 72.9 Å². The van der Waals surface area contributed by atoms with Crippen molar-refractivity contribution in [1.29, 1.82) is 0 Å². The fraction of sp³-hybridized carbons (Fsp3) is 0.387. The Morgan fingerprint density at radius 3 is 2.36 bits per heavy atom. The van der Waals surface area contributed by atoms with E-state index >= 15 is 0 Å². The molecule has 11 heteroatoms. The number of nitrogens with zero attached hydrogens (tertiary/aromatic N) is 3. The lowest BCUT2D eigenvalue weighted by molar-refractivity contribution is -0.160. The summed E-state index contributed by atoms with van der Waals surface area (Å²) >= 11 is 12.7. The van der Waals surface area contributed by atoms with Crippen LogP contribution in [-0.2, 0) is 19.6 Å². The van der Waals surface area contributed by atoms with Crippen LogP contribution in [0.5, 0.6) is 0 Å². The quantitative estimate of drug-likeness (QED) is 0.287. The molecule has 2 fully saturated rings. The van der Waals surface area contributed by atoms with E-state index < -0.39 is 33.5 Å². The van der Waals surface area contributed by atoms with Crippen molar-refractivity contribution < 1.29 is 23.1 Å². The topological polar surface area (TPSA) is 108 Å². The van der Waals surface area contributed by atoms with Crippen LogP contribution in [0.4, 0.5) is 5.82 Å². The monoisotopic (exact) mass is 629 g/mol. The first-order chi connectivity index (χ1) is 19.9. The lowest BCUT2D eigenvalue weighted by atomic mass is 9.67. The molecular formula is C31H33Cl2N3O5S. The summed E-state index contributed by atoms with van der Waals surface area (Å²) in [4.78, 5) is 32.8. The minimum atomic E-state index is -3.78. The summed E-state index contributed by atoms with van der Waals surface area (Å²) in [5.41, 5.74) is 0.454. The average Bonchev–Trinajstić information content (AvgIpc) is 3.76. The maximum atomic E-state index is 14.6. The van der Waals surface area contributed by atoms with Crippen molar-refractivity contribution in [3.63, 3.8) is 0 Å². The van der Waals surface area contributed by atoms with Gasteiger partial charge in [0.1, 0.15) is 5.82 Å². The molecule has 2 aliphatic rings. The van der Waals surface area contributed by atoms with Crippen molar-refractivity contribution in [3.05, 3.63) is 94.1 Å². The Labute approximate surface area is 256 Å². The number of likely N-dealkylation sites (tertiary alicyclic amines) is 1. The number of piperidine rings is 1. The number of benzene rings is 2. The van der Waals surface area contributed by atoms with Crippen LogP contribution in [0.3, 0.4) is 0 Å². The van der Waals surface area contributed by atoms with Gasteiger partial charge < -0.3 is 10.0 Å². The van der Waals surface area contributed by atoms with Gasteiger partial charge in [-0.2, -0.15) is 0 Å². The third-order valence-corrected chi connectivity index (χ3v) is 9.94. The van der Waals surface area contributed by atoms with Crippen molar-refractivity contribution in [1.82, 2.24) is 9.88 Å². The summed E-state index contributed by atoms with van der Waals surface area (Å²) < 4.78 is 27.5. The minimum Gasteiger partial charge on any atom is -0.481 e. The number of anilines is 1. The van der Waals surface area contributed by atoms with Crippen molar-refractivity contribution in [2.45, 2.75) is 50.6 Å². The molecule has 1 saturated carbocycles. The Hall–Kier alpha value is -3.14. The van der Waals surface area contributed by atoms with Gasteiger partial charge in [-0.25, -0.2) is 13.4 Å². The predicted octanol–water partition coefficient (Wildman–Crippen LogP) is 6.17. The normalized spacial score (nSPS) is 23.4. The van der Waals surface area contributed by atoms with Crippen LogP contribution in [0.1, 0.15) is 55.7 Å². The molecule has 4 atom stereocenters. The van der Waals surface area contributed by atoms with E-state index in [0.717, 1.165) is 30.2 Å². The molecule has 1 aliphatic carbocycles. The Morgan fingerprint density at radius 1 is 1.07 bits per heavy atom. The molecule has 1 amide bonds. The largest absolute Gasteiger partial charge is 0.481 e. The fourth-order valence-corrected chi connectivity index (χ4v) is 7.46. The first-order valence-corrected chi connectivity index (χ1v) is 16.4.